The monoisotopic (exact) mass is 445 g/mol. The van der Waals surface area contributed by atoms with E-state index in [1.807, 2.05) is 26.8 Å². The molecule has 1 aromatic carbocycles. The lowest BCUT2D eigenvalue weighted by atomic mass is 10.0. The van der Waals surface area contributed by atoms with Gasteiger partial charge in [0.1, 0.15) is 25.5 Å². The molecule has 1 aliphatic heterocycles. The van der Waals surface area contributed by atoms with Crippen LogP contribution in [-0.2, 0) is 20.9 Å². The molecule has 0 spiro atoms. The van der Waals surface area contributed by atoms with Crippen molar-refractivity contribution in [1.29, 1.82) is 0 Å². The minimum absolute atomic E-state index is 0.0292. The van der Waals surface area contributed by atoms with Gasteiger partial charge in [-0.05, 0) is 49.6 Å². The lowest BCUT2D eigenvalue weighted by Crippen LogP contribution is -2.44. The summed E-state index contributed by atoms with van der Waals surface area (Å²) in [6.45, 7) is 5.98. The molecule has 166 valence electrons. The van der Waals surface area contributed by atoms with Crippen molar-refractivity contribution in [1.82, 2.24) is 9.80 Å². The molecule has 7 nitrogen and oxygen atoms in total. The number of nitrogens with zero attached hydrogens (tertiary/aromatic N) is 3. The second kappa shape index (κ2) is 10.0. The number of halogens is 1. The highest BCUT2D eigenvalue weighted by molar-refractivity contribution is 6.31. The van der Waals surface area contributed by atoms with E-state index in [9.17, 15) is 14.4 Å². The zero-order chi connectivity index (χ0) is 22.5. The Morgan fingerprint density at radius 2 is 1.94 bits per heavy atom. The lowest BCUT2D eigenvalue weighted by Gasteiger charge is -2.27. The second-order valence-corrected chi connectivity index (χ2v) is 8.13. The minimum Gasteiger partial charge on any atom is -0.467 e. The van der Waals surface area contributed by atoms with E-state index in [1.54, 1.807) is 35.4 Å². The molecule has 3 amide bonds. The summed E-state index contributed by atoms with van der Waals surface area (Å²) in [6.07, 6.45) is 2.94. The van der Waals surface area contributed by atoms with Crippen molar-refractivity contribution >= 4 is 35.0 Å². The van der Waals surface area contributed by atoms with E-state index in [-0.39, 0.29) is 49.9 Å². The number of amides is 3. The average Bonchev–Trinajstić information content (AvgIpc) is 3.40. The number of benzene rings is 1. The molecule has 0 aliphatic carbocycles. The summed E-state index contributed by atoms with van der Waals surface area (Å²) in [5.41, 5.74) is 1.48. The zero-order valence-corrected chi connectivity index (χ0v) is 18.9. The highest BCUT2D eigenvalue weighted by Gasteiger charge is 2.34. The van der Waals surface area contributed by atoms with Crippen molar-refractivity contribution in [2.24, 2.45) is 5.92 Å². The summed E-state index contributed by atoms with van der Waals surface area (Å²) in [7, 11) is 0. The maximum atomic E-state index is 13.1. The Bertz CT molecular complexity index is 940. The second-order valence-electron chi connectivity index (χ2n) is 7.73. The van der Waals surface area contributed by atoms with Gasteiger partial charge in [0.05, 0.1) is 12.8 Å². The van der Waals surface area contributed by atoms with E-state index in [0.717, 1.165) is 5.56 Å². The fourth-order valence-electron chi connectivity index (χ4n) is 3.78. The van der Waals surface area contributed by atoms with Crippen LogP contribution in [0.5, 0.6) is 0 Å². The van der Waals surface area contributed by atoms with E-state index < -0.39 is 0 Å². The Labute approximate surface area is 187 Å². The van der Waals surface area contributed by atoms with Gasteiger partial charge >= 0.3 is 0 Å². The van der Waals surface area contributed by atoms with E-state index in [2.05, 4.69) is 0 Å². The molecule has 0 radical (unpaired) electrons. The third-order valence-electron chi connectivity index (χ3n) is 5.72. The number of hydrogen-bond donors (Lipinski definition) is 0. The van der Waals surface area contributed by atoms with Crippen molar-refractivity contribution in [3.63, 3.8) is 0 Å². The summed E-state index contributed by atoms with van der Waals surface area (Å²) in [4.78, 5) is 43.3. The standard InChI is InChI=1S/C23H28ClN3O4/c1-4-17(5-2)23(30)25(12-18-8-7-11-31-18)13-21(28)26-14-22(29)27(15-26)20-10-6-9-19(24)16(20)3/h6-11,17H,4-5,12-15H2,1-3H3. The fourth-order valence-corrected chi connectivity index (χ4v) is 3.95. The Morgan fingerprint density at radius 1 is 1.19 bits per heavy atom. The molecule has 1 aliphatic rings. The van der Waals surface area contributed by atoms with Gasteiger partial charge in [-0.15, -0.1) is 0 Å². The van der Waals surface area contributed by atoms with Crippen molar-refractivity contribution < 1.29 is 18.8 Å². The predicted molar refractivity (Wildman–Crippen MR) is 118 cm³/mol. The van der Waals surface area contributed by atoms with Gasteiger partial charge in [0, 0.05) is 16.6 Å². The van der Waals surface area contributed by atoms with Gasteiger partial charge in [-0.3, -0.25) is 19.3 Å². The molecule has 31 heavy (non-hydrogen) atoms. The van der Waals surface area contributed by atoms with Crippen LogP contribution in [0.2, 0.25) is 5.02 Å². The number of rotatable bonds is 8. The topological polar surface area (TPSA) is 74.1 Å². The van der Waals surface area contributed by atoms with Crippen LogP contribution in [0, 0.1) is 12.8 Å². The smallest absolute Gasteiger partial charge is 0.248 e. The molecular formula is C23H28ClN3O4. The van der Waals surface area contributed by atoms with E-state index in [1.165, 1.54) is 9.80 Å². The molecule has 0 unspecified atom stereocenters. The Hall–Kier alpha value is -2.80. The van der Waals surface area contributed by atoms with Crippen molar-refractivity contribution in [3.05, 3.63) is 52.9 Å². The van der Waals surface area contributed by atoms with Gasteiger partial charge < -0.3 is 14.2 Å². The van der Waals surface area contributed by atoms with Gasteiger partial charge in [-0.25, -0.2) is 0 Å². The van der Waals surface area contributed by atoms with Crippen LogP contribution >= 0.6 is 11.6 Å². The van der Waals surface area contributed by atoms with Crippen molar-refractivity contribution in [2.75, 3.05) is 24.7 Å². The maximum Gasteiger partial charge on any atom is 0.248 e. The third kappa shape index (κ3) is 5.10. The normalized spacial score (nSPS) is 13.9. The summed E-state index contributed by atoms with van der Waals surface area (Å²) >= 11 is 6.20. The average molecular weight is 446 g/mol. The first kappa shape index (κ1) is 22.9. The molecule has 0 saturated carbocycles. The molecule has 1 saturated heterocycles. The zero-order valence-electron chi connectivity index (χ0n) is 18.1. The largest absolute Gasteiger partial charge is 0.467 e. The van der Waals surface area contributed by atoms with Crippen molar-refractivity contribution in [2.45, 2.75) is 40.2 Å². The van der Waals surface area contributed by atoms with E-state index in [4.69, 9.17) is 16.0 Å². The molecule has 3 rings (SSSR count). The van der Waals surface area contributed by atoms with Crippen LogP contribution in [0.25, 0.3) is 0 Å². The van der Waals surface area contributed by atoms with Crippen LogP contribution in [0.3, 0.4) is 0 Å². The first-order valence-electron chi connectivity index (χ1n) is 10.5. The summed E-state index contributed by atoms with van der Waals surface area (Å²) in [6, 6.07) is 8.89. The molecule has 8 heteroatoms. The van der Waals surface area contributed by atoms with E-state index in [0.29, 0.717) is 29.3 Å². The summed E-state index contributed by atoms with van der Waals surface area (Å²) in [5.74, 6) is -0.0822. The lowest BCUT2D eigenvalue weighted by molar-refractivity contribution is -0.143. The highest BCUT2D eigenvalue weighted by atomic mass is 35.5. The minimum atomic E-state index is -0.276. The molecule has 1 fully saturated rings. The third-order valence-corrected chi connectivity index (χ3v) is 6.13. The van der Waals surface area contributed by atoms with Crippen LogP contribution in [-0.4, -0.2) is 47.3 Å². The molecule has 0 atom stereocenters. The van der Waals surface area contributed by atoms with Crippen LogP contribution in [0.15, 0.2) is 41.0 Å². The van der Waals surface area contributed by atoms with Crippen LogP contribution in [0.1, 0.15) is 38.0 Å². The fraction of sp³-hybridized carbons (Fsp3) is 0.435. The van der Waals surface area contributed by atoms with Gasteiger partial charge in [-0.2, -0.15) is 0 Å². The Balaban J connectivity index is 1.74. The first-order chi connectivity index (χ1) is 14.8. The van der Waals surface area contributed by atoms with Gasteiger partial charge in [0.2, 0.25) is 17.7 Å². The predicted octanol–water partition coefficient (Wildman–Crippen LogP) is 3.84. The number of hydrogen-bond acceptors (Lipinski definition) is 4. The highest BCUT2D eigenvalue weighted by Crippen LogP contribution is 2.29. The number of furan rings is 1. The quantitative estimate of drug-likeness (QED) is 0.618. The molecule has 2 heterocycles. The van der Waals surface area contributed by atoms with E-state index >= 15 is 0 Å². The van der Waals surface area contributed by atoms with Crippen LogP contribution in [0.4, 0.5) is 5.69 Å². The summed E-state index contributed by atoms with van der Waals surface area (Å²) < 4.78 is 5.39. The van der Waals surface area contributed by atoms with Crippen molar-refractivity contribution in [3.8, 4) is 0 Å². The maximum absolute atomic E-state index is 13.1. The number of carbonyl (C=O) groups excluding carboxylic acids is 3. The van der Waals surface area contributed by atoms with Gasteiger partial charge in [-0.1, -0.05) is 31.5 Å². The van der Waals surface area contributed by atoms with Crippen LogP contribution < -0.4 is 4.90 Å². The molecule has 1 aromatic heterocycles. The Morgan fingerprint density at radius 3 is 2.58 bits per heavy atom. The summed E-state index contributed by atoms with van der Waals surface area (Å²) in [5, 5.41) is 0.565. The Kier molecular flexibility index (Phi) is 7.38. The number of anilines is 1. The molecule has 2 aromatic rings. The first-order valence-corrected chi connectivity index (χ1v) is 10.9. The van der Waals surface area contributed by atoms with Gasteiger partial charge in [0.25, 0.3) is 0 Å². The van der Waals surface area contributed by atoms with Gasteiger partial charge in [0.15, 0.2) is 0 Å². The number of carbonyl (C=O) groups is 3. The molecule has 0 bridgehead atoms. The molecular weight excluding hydrogens is 418 g/mol. The molecule has 0 N–H and O–H groups in total. The SMILES string of the molecule is CCC(CC)C(=O)N(CC(=O)N1CC(=O)N(c2cccc(Cl)c2C)C1)Cc1ccco1.